The molecule has 0 radical (unpaired) electrons. The highest BCUT2D eigenvalue weighted by molar-refractivity contribution is 6.13. The van der Waals surface area contributed by atoms with Gasteiger partial charge in [-0.1, -0.05) is 157 Å². The SMILES string of the molecule is Cc1cccc(-c2ccc3c(c2)c2cc(-c4cccc(C)c4)ccc2n3-c2c(-c3ccc(C(F)(F)F)cc3)cc(-c3nc(-c4ccccc4)cc(-c4ccccc4)n3)cc2-c2ccc(C(F)(F)F)cc2)c1. The highest BCUT2D eigenvalue weighted by Crippen LogP contribution is 2.46. The number of hydrogen-bond acceptors (Lipinski definition) is 2. The van der Waals surface area contributed by atoms with Crippen molar-refractivity contribution >= 4 is 21.8 Å². The van der Waals surface area contributed by atoms with Crippen molar-refractivity contribution in [3.63, 3.8) is 0 Å². The van der Waals surface area contributed by atoms with Crippen molar-refractivity contribution in [1.29, 1.82) is 0 Å². The van der Waals surface area contributed by atoms with E-state index in [1.54, 1.807) is 0 Å². The molecule has 2 heterocycles. The van der Waals surface area contributed by atoms with Crippen molar-refractivity contribution in [2.75, 3.05) is 0 Å². The van der Waals surface area contributed by atoms with Crippen LogP contribution in [0.25, 0.3) is 106 Å². The first-order valence-corrected chi connectivity index (χ1v) is 23.0. The molecule has 0 fully saturated rings. The number of aromatic nitrogens is 3. The Morgan fingerprint density at radius 2 is 0.718 bits per heavy atom. The quantitative estimate of drug-likeness (QED) is 0.142. The second-order valence-electron chi connectivity index (χ2n) is 17.8. The Morgan fingerprint density at radius 1 is 0.338 bits per heavy atom. The molecule has 0 saturated heterocycles. The largest absolute Gasteiger partial charge is 0.416 e. The lowest BCUT2D eigenvalue weighted by Crippen LogP contribution is -2.06. The Hall–Kier alpha value is -8.56. The topological polar surface area (TPSA) is 30.7 Å². The summed E-state index contributed by atoms with van der Waals surface area (Å²) in [6.45, 7) is 4.09. The van der Waals surface area contributed by atoms with E-state index in [1.165, 1.54) is 24.3 Å². The molecule has 0 aliphatic heterocycles. The summed E-state index contributed by atoms with van der Waals surface area (Å²) in [7, 11) is 0. The lowest BCUT2D eigenvalue weighted by molar-refractivity contribution is -0.138. The second-order valence-corrected chi connectivity index (χ2v) is 17.8. The Kier molecular flexibility index (Phi) is 11.2. The van der Waals surface area contributed by atoms with Crippen LogP contribution in [-0.2, 0) is 12.4 Å². The van der Waals surface area contributed by atoms with Crippen LogP contribution in [0, 0.1) is 13.8 Å². The molecule has 11 aromatic rings. The number of aryl methyl sites for hydroxylation is 2. The van der Waals surface area contributed by atoms with Gasteiger partial charge in [-0.15, -0.1) is 0 Å². The van der Waals surface area contributed by atoms with Crippen molar-refractivity contribution in [2.45, 2.75) is 26.2 Å². The Balaban J connectivity index is 1.26. The van der Waals surface area contributed by atoms with E-state index in [2.05, 4.69) is 41.0 Å². The van der Waals surface area contributed by atoms with Gasteiger partial charge in [-0.3, -0.25) is 0 Å². The molecular formula is C62H41F6N3. The van der Waals surface area contributed by atoms with Gasteiger partial charge < -0.3 is 4.57 Å². The van der Waals surface area contributed by atoms with Gasteiger partial charge in [0.25, 0.3) is 0 Å². The molecule has 71 heavy (non-hydrogen) atoms. The van der Waals surface area contributed by atoms with E-state index in [1.807, 2.05) is 141 Å². The van der Waals surface area contributed by atoms with Crippen molar-refractivity contribution in [1.82, 2.24) is 14.5 Å². The van der Waals surface area contributed by atoms with E-state index < -0.39 is 23.5 Å². The second kappa shape index (κ2) is 17.8. The molecule has 0 aliphatic rings. The number of rotatable bonds is 8. The van der Waals surface area contributed by atoms with Crippen LogP contribution in [0.2, 0.25) is 0 Å². The van der Waals surface area contributed by atoms with E-state index in [-0.39, 0.29) is 0 Å². The maximum atomic E-state index is 14.3. The summed E-state index contributed by atoms with van der Waals surface area (Å²) < 4.78 is 87.7. The van der Waals surface area contributed by atoms with Crippen molar-refractivity contribution in [2.24, 2.45) is 0 Å². The Bertz CT molecular complexity index is 3540. The highest BCUT2D eigenvalue weighted by atomic mass is 19.4. The van der Waals surface area contributed by atoms with Gasteiger partial charge >= 0.3 is 12.4 Å². The third-order valence-corrected chi connectivity index (χ3v) is 13.0. The molecule has 0 aliphatic carbocycles. The first kappa shape index (κ1) is 44.9. The normalized spacial score (nSPS) is 11.9. The molecule has 0 spiro atoms. The Morgan fingerprint density at radius 3 is 1.11 bits per heavy atom. The minimum Gasteiger partial charge on any atom is -0.308 e. The molecule has 9 aromatic carbocycles. The molecule has 11 rings (SSSR count). The van der Waals surface area contributed by atoms with Gasteiger partial charge in [-0.2, -0.15) is 26.3 Å². The number of alkyl halides is 6. The molecule has 346 valence electrons. The zero-order chi connectivity index (χ0) is 49.0. The fraction of sp³-hybridized carbons (Fsp3) is 0.0645. The monoisotopic (exact) mass is 941 g/mol. The molecule has 0 saturated carbocycles. The molecule has 0 unspecified atom stereocenters. The first-order valence-electron chi connectivity index (χ1n) is 23.0. The summed E-state index contributed by atoms with van der Waals surface area (Å²) in [5.74, 6) is 0.311. The van der Waals surface area contributed by atoms with Crippen LogP contribution in [0.1, 0.15) is 22.3 Å². The molecule has 2 aromatic heterocycles. The van der Waals surface area contributed by atoms with Crippen molar-refractivity contribution in [3.05, 3.63) is 235 Å². The van der Waals surface area contributed by atoms with Crippen molar-refractivity contribution in [3.8, 4) is 84.1 Å². The third-order valence-electron chi connectivity index (χ3n) is 13.0. The maximum absolute atomic E-state index is 14.3. The zero-order valence-electron chi connectivity index (χ0n) is 38.3. The molecule has 0 bridgehead atoms. The fourth-order valence-electron chi connectivity index (χ4n) is 9.48. The van der Waals surface area contributed by atoms with E-state index in [4.69, 9.17) is 9.97 Å². The zero-order valence-corrected chi connectivity index (χ0v) is 38.3. The molecule has 9 heteroatoms. The minimum atomic E-state index is -4.61. The predicted molar refractivity (Wildman–Crippen MR) is 274 cm³/mol. The molecule has 0 amide bonds. The minimum absolute atomic E-state index is 0.311. The van der Waals surface area contributed by atoms with Gasteiger partial charge in [-0.05, 0) is 114 Å². The van der Waals surface area contributed by atoms with Crippen LogP contribution in [0.3, 0.4) is 0 Å². The summed E-state index contributed by atoms with van der Waals surface area (Å²) >= 11 is 0. The summed E-state index contributed by atoms with van der Waals surface area (Å²) in [4.78, 5) is 10.3. The predicted octanol–water partition coefficient (Wildman–Crippen LogP) is 17.9. The summed E-state index contributed by atoms with van der Waals surface area (Å²) in [6, 6.07) is 63.9. The number of halogens is 6. The Labute approximate surface area is 406 Å². The lowest BCUT2D eigenvalue weighted by atomic mass is 9.91. The van der Waals surface area contributed by atoms with Crippen LogP contribution in [0.15, 0.2) is 212 Å². The fourth-order valence-corrected chi connectivity index (χ4v) is 9.48. The average molecular weight is 942 g/mol. The maximum Gasteiger partial charge on any atom is 0.416 e. The van der Waals surface area contributed by atoms with E-state index in [0.29, 0.717) is 50.7 Å². The van der Waals surface area contributed by atoms with E-state index in [0.717, 1.165) is 90.6 Å². The van der Waals surface area contributed by atoms with Crippen LogP contribution in [0.5, 0.6) is 0 Å². The van der Waals surface area contributed by atoms with Gasteiger partial charge in [0.1, 0.15) is 0 Å². The average Bonchev–Trinajstić information content (AvgIpc) is 3.71. The van der Waals surface area contributed by atoms with Crippen molar-refractivity contribution < 1.29 is 26.3 Å². The molecular weight excluding hydrogens is 901 g/mol. The van der Waals surface area contributed by atoms with Gasteiger partial charge in [0.2, 0.25) is 0 Å². The number of benzene rings is 9. The van der Waals surface area contributed by atoms with Crippen LogP contribution in [0.4, 0.5) is 26.3 Å². The van der Waals surface area contributed by atoms with Gasteiger partial charge in [0.05, 0.1) is 39.2 Å². The third kappa shape index (κ3) is 8.76. The smallest absolute Gasteiger partial charge is 0.308 e. The number of hydrogen-bond donors (Lipinski definition) is 0. The first-order chi connectivity index (χ1) is 34.2. The highest BCUT2D eigenvalue weighted by Gasteiger charge is 2.32. The summed E-state index contributed by atoms with van der Waals surface area (Å²) in [6.07, 6.45) is -9.21. The number of nitrogens with zero attached hydrogens (tertiary/aromatic N) is 3. The number of fused-ring (bicyclic) bond motifs is 3. The molecule has 3 nitrogen and oxygen atoms in total. The van der Waals surface area contributed by atoms with Crippen LogP contribution in [-0.4, -0.2) is 14.5 Å². The molecule has 0 atom stereocenters. The molecule has 0 N–H and O–H groups in total. The van der Waals surface area contributed by atoms with E-state index >= 15 is 0 Å². The summed E-state index contributed by atoms with van der Waals surface area (Å²) in [5.41, 5.74) is 12.0. The van der Waals surface area contributed by atoms with Gasteiger partial charge in [0, 0.05) is 38.6 Å². The summed E-state index contributed by atoms with van der Waals surface area (Å²) in [5, 5.41) is 1.81. The van der Waals surface area contributed by atoms with Crippen LogP contribution >= 0.6 is 0 Å². The van der Waals surface area contributed by atoms with Gasteiger partial charge in [0.15, 0.2) is 5.82 Å². The van der Waals surface area contributed by atoms with Gasteiger partial charge in [-0.25, -0.2) is 9.97 Å². The standard InChI is InChI=1S/C62H41F6N3/c1-38-11-9-17-44(31-38)46-23-29-57-53(33-46)54-34-47(45-18-10-12-39(2)32-45)24-30-58(54)71(57)59-51(40-19-25-49(26-20-40)61(63,64)65)35-48(36-52(59)41-21-27-50(28-22-41)62(66,67)68)60-69-55(42-13-5-3-6-14-42)37-56(70-60)43-15-7-4-8-16-43/h3-37H,1-2H3. The lowest BCUT2D eigenvalue weighted by Gasteiger charge is -2.22. The van der Waals surface area contributed by atoms with E-state index in [9.17, 15) is 26.3 Å². The van der Waals surface area contributed by atoms with Crippen LogP contribution < -0.4 is 0 Å².